The van der Waals surface area contributed by atoms with Crippen molar-refractivity contribution < 1.29 is 9.59 Å². The minimum Gasteiger partial charge on any atom is -0.370 e. The van der Waals surface area contributed by atoms with Crippen LogP contribution in [0, 0.1) is 0 Å². The number of carbonyl (C=O) groups excluding carboxylic acids is 2. The smallest absolute Gasteiger partial charge is 0.312 e. The molecule has 64 valence electrons. The number of rotatable bonds is 5. The lowest BCUT2D eigenvalue weighted by Crippen LogP contribution is -2.30. The molecular formula is C6H13N3O2. The Balaban J connectivity index is 3.03. The molecule has 5 nitrogen and oxygen atoms in total. The molecule has 11 heavy (non-hydrogen) atoms. The second-order valence-electron chi connectivity index (χ2n) is 2.21. The summed E-state index contributed by atoms with van der Waals surface area (Å²) >= 11 is 0. The molecule has 0 heterocycles. The minimum atomic E-state index is -0.538. The number of hydrogen-bond acceptors (Lipinski definition) is 2. The standard InChI is InChI=1S/C6H13N3O2/c7-5(10)3-1-2-4-9-6(8)11/h1-4H2,(H2,7,10)(H3,8,9,11). The topological polar surface area (TPSA) is 98.2 Å². The number of unbranched alkanes of at least 4 members (excludes halogenated alkanes) is 1. The SMILES string of the molecule is NC(=O)CCCCNC(N)=O. The molecule has 0 aromatic rings. The van der Waals surface area contributed by atoms with E-state index >= 15 is 0 Å². The lowest BCUT2D eigenvalue weighted by molar-refractivity contribution is -0.118. The lowest BCUT2D eigenvalue weighted by atomic mass is 10.2. The number of nitrogens with one attached hydrogen (secondary N) is 1. The van der Waals surface area contributed by atoms with E-state index in [2.05, 4.69) is 5.32 Å². The lowest BCUT2D eigenvalue weighted by Gasteiger charge is -1.99. The van der Waals surface area contributed by atoms with Crippen molar-refractivity contribution in [3.63, 3.8) is 0 Å². The Morgan fingerprint density at radius 1 is 1.18 bits per heavy atom. The van der Waals surface area contributed by atoms with Crippen molar-refractivity contribution in [2.24, 2.45) is 11.5 Å². The molecule has 0 aliphatic rings. The summed E-state index contributed by atoms with van der Waals surface area (Å²) in [6.07, 6.45) is 1.78. The molecule has 0 spiro atoms. The summed E-state index contributed by atoms with van der Waals surface area (Å²) in [6.45, 7) is 0.503. The number of urea groups is 1. The highest BCUT2D eigenvalue weighted by Crippen LogP contribution is 1.91. The van der Waals surface area contributed by atoms with Crippen molar-refractivity contribution in [1.82, 2.24) is 5.32 Å². The van der Waals surface area contributed by atoms with E-state index in [1.807, 2.05) is 0 Å². The molecule has 5 N–H and O–H groups in total. The number of primary amides is 2. The fourth-order valence-electron chi connectivity index (χ4n) is 0.636. The van der Waals surface area contributed by atoms with E-state index in [-0.39, 0.29) is 5.91 Å². The molecule has 0 fully saturated rings. The largest absolute Gasteiger partial charge is 0.370 e. The number of carbonyl (C=O) groups is 2. The Morgan fingerprint density at radius 3 is 2.27 bits per heavy atom. The fourth-order valence-corrected chi connectivity index (χ4v) is 0.636. The molecule has 0 aliphatic carbocycles. The van der Waals surface area contributed by atoms with Crippen LogP contribution in [-0.4, -0.2) is 18.5 Å². The normalized spacial score (nSPS) is 9.09. The molecule has 0 atom stereocenters. The summed E-state index contributed by atoms with van der Waals surface area (Å²) in [5.74, 6) is -0.316. The van der Waals surface area contributed by atoms with E-state index in [4.69, 9.17) is 11.5 Å². The Labute approximate surface area is 65.1 Å². The Kier molecular flexibility index (Phi) is 4.89. The van der Waals surface area contributed by atoms with Crippen LogP contribution in [0.2, 0.25) is 0 Å². The number of nitrogens with two attached hydrogens (primary N) is 2. The van der Waals surface area contributed by atoms with E-state index < -0.39 is 6.03 Å². The maximum Gasteiger partial charge on any atom is 0.312 e. The predicted octanol–water partition coefficient (Wildman–Crippen LogP) is -0.690. The molecule has 5 heteroatoms. The van der Waals surface area contributed by atoms with Gasteiger partial charge in [0, 0.05) is 13.0 Å². The second-order valence-corrected chi connectivity index (χ2v) is 2.21. The van der Waals surface area contributed by atoms with E-state index in [9.17, 15) is 9.59 Å². The third-order valence-electron chi connectivity index (χ3n) is 1.15. The second kappa shape index (κ2) is 5.52. The summed E-state index contributed by atoms with van der Waals surface area (Å²) in [4.78, 5) is 20.3. The van der Waals surface area contributed by atoms with E-state index in [0.29, 0.717) is 19.4 Å². The molecule has 0 unspecified atom stereocenters. The molecule has 0 aliphatic heterocycles. The summed E-state index contributed by atoms with van der Waals surface area (Å²) < 4.78 is 0. The zero-order chi connectivity index (χ0) is 8.69. The molecule has 0 saturated carbocycles. The molecule has 0 aromatic heterocycles. The van der Waals surface area contributed by atoms with Gasteiger partial charge in [-0.2, -0.15) is 0 Å². The summed E-state index contributed by atoms with van der Waals surface area (Å²) in [5.41, 5.74) is 9.68. The quantitative estimate of drug-likeness (QED) is 0.463. The van der Waals surface area contributed by atoms with Crippen LogP contribution in [0.15, 0.2) is 0 Å². The monoisotopic (exact) mass is 159 g/mol. The van der Waals surface area contributed by atoms with Gasteiger partial charge in [-0.15, -0.1) is 0 Å². The van der Waals surface area contributed by atoms with Gasteiger partial charge in [0.05, 0.1) is 0 Å². The van der Waals surface area contributed by atoms with Gasteiger partial charge >= 0.3 is 6.03 Å². The highest BCUT2D eigenvalue weighted by Gasteiger charge is 1.94. The van der Waals surface area contributed by atoms with Gasteiger partial charge in [0.2, 0.25) is 5.91 Å². The summed E-state index contributed by atoms with van der Waals surface area (Å²) in [5, 5.41) is 2.41. The van der Waals surface area contributed by atoms with Crippen LogP contribution in [0.25, 0.3) is 0 Å². The average molecular weight is 159 g/mol. The molecule has 3 amide bonds. The van der Waals surface area contributed by atoms with Crippen molar-refractivity contribution >= 4 is 11.9 Å². The highest BCUT2D eigenvalue weighted by molar-refractivity contribution is 5.73. The average Bonchev–Trinajstić information content (AvgIpc) is 1.85. The molecular weight excluding hydrogens is 146 g/mol. The molecule has 0 saturated heterocycles. The molecule has 0 radical (unpaired) electrons. The van der Waals surface area contributed by atoms with Crippen molar-refractivity contribution in [3.05, 3.63) is 0 Å². The number of hydrogen-bond donors (Lipinski definition) is 3. The molecule has 0 aromatic carbocycles. The van der Waals surface area contributed by atoms with E-state index in [0.717, 1.165) is 6.42 Å². The third kappa shape index (κ3) is 8.74. The maximum atomic E-state index is 10.2. The van der Waals surface area contributed by atoms with Crippen LogP contribution < -0.4 is 16.8 Å². The maximum absolute atomic E-state index is 10.2. The van der Waals surface area contributed by atoms with Gasteiger partial charge in [-0.05, 0) is 12.8 Å². The van der Waals surface area contributed by atoms with Gasteiger partial charge in [0.15, 0.2) is 0 Å². The number of amides is 3. The zero-order valence-electron chi connectivity index (χ0n) is 6.30. The van der Waals surface area contributed by atoms with Gasteiger partial charge in [0.25, 0.3) is 0 Å². The molecule has 0 bridgehead atoms. The summed E-state index contributed by atoms with van der Waals surface area (Å²) in [7, 11) is 0. The van der Waals surface area contributed by atoms with Crippen LogP contribution >= 0.6 is 0 Å². The van der Waals surface area contributed by atoms with Gasteiger partial charge in [-0.25, -0.2) is 4.79 Å². The molecule has 0 rings (SSSR count). The van der Waals surface area contributed by atoms with E-state index in [1.54, 1.807) is 0 Å². The van der Waals surface area contributed by atoms with Crippen molar-refractivity contribution in [3.8, 4) is 0 Å². The third-order valence-corrected chi connectivity index (χ3v) is 1.15. The first-order valence-corrected chi connectivity index (χ1v) is 3.44. The van der Waals surface area contributed by atoms with Gasteiger partial charge in [-0.3, -0.25) is 4.79 Å². The van der Waals surface area contributed by atoms with Gasteiger partial charge < -0.3 is 16.8 Å². The van der Waals surface area contributed by atoms with Crippen LogP contribution in [0.5, 0.6) is 0 Å². The van der Waals surface area contributed by atoms with Crippen LogP contribution in [-0.2, 0) is 4.79 Å². The zero-order valence-corrected chi connectivity index (χ0v) is 6.30. The predicted molar refractivity (Wildman–Crippen MR) is 40.6 cm³/mol. The first-order valence-electron chi connectivity index (χ1n) is 3.44. The van der Waals surface area contributed by atoms with Crippen molar-refractivity contribution in [2.75, 3.05) is 6.54 Å². The first-order chi connectivity index (χ1) is 5.13. The van der Waals surface area contributed by atoms with Crippen LogP contribution in [0.1, 0.15) is 19.3 Å². The van der Waals surface area contributed by atoms with E-state index in [1.165, 1.54) is 0 Å². The Hall–Kier alpha value is -1.26. The Morgan fingerprint density at radius 2 is 1.82 bits per heavy atom. The minimum absolute atomic E-state index is 0.316. The first kappa shape index (κ1) is 9.74. The summed E-state index contributed by atoms with van der Waals surface area (Å²) in [6, 6.07) is -0.538. The van der Waals surface area contributed by atoms with Gasteiger partial charge in [0.1, 0.15) is 0 Å². The van der Waals surface area contributed by atoms with Crippen molar-refractivity contribution in [1.29, 1.82) is 0 Å². The van der Waals surface area contributed by atoms with Crippen molar-refractivity contribution in [2.45, 2.75) is 19.3 Å². The highest BCUT2D eigenvalue weighted by atomic mass is 16.2. The van der Waals surface area contributed by atoms with Crippen LogP contribution in [0.3, 0.4) is 0 Å². The fraction of sp³-hybridized carbons (Fsp3) is 0.667. The van der Waals surface area contributed by atoms with Crippen LogP contribution in [0.4, 0.5) is 4.79 Å². The van der Waals surface area contributed by atoms with Gasteiger partial charge in [-0.1, -0.05) is 0 Å². The Bertz CT molecular complexity index is 131.